The van der Waals surface area contributed by atoms with Crippen LogP contribution in [-0.2, 0) is 10.8 Å². The third-order valence-electron chi connectivity index (χ3n) is 2.92. The Morgan fingerprint density at radius 3 is 1.71 bits per heavy atom. The molecule has 1 atom stereocenters. The van der Waals surface area contributed by atoms with Crippen LogP contribution >= 0.6 is 9.24 Å². The molecule has 0 fully saturated rings. The SMILES string of the molecule is COc1ccc(P)c(C(C)(C)C)c1C(C)(C)C. The van der Waals surface area contributed by atoms with E-state index >= 15 is 0 Å². The van der Waals surface area contributed by atoms with Gasteiger partial charge >= 0.3 is 0 Å². The molecular weight excluding hydrogens is 227 g/mol. The zero-order chi connectivity index (χ0) is 13.4. The van der Waals surface area contributed by atoms with Crippen molar-refractivity contribution < 1.29 is 4.74 Å². The maximum Gasteiger partial charge on any atom is 0.122 e. The second-order valence-electron chi connectivity index (χ2n) is 6.61. The van der Waals surface area contributed by atoms with Gasteiger partial charge in [-0.3, -0.25) is 0 Å². The van der Waals surface area contributed by atoms with E-state index in [9.17, 15) is 0 Å². The van der Waals surface area contributed by atoms with Crippen LogP contribution in [0.25, 0.3) is 0 Å². The smallest absolute Gasteiger partial charge is 0.122 e. The third-order valence-corrected chi connectivity index (χ3v) is 3.40. The van der Waals surface area contributed by atoms with Gasteiger partial charge in [-0.25, -0.2) is 0 Å². The van der Waals surface area contributed by atoms with Gasteiger partial charge < -0.3 is 4.74 Å². The minimum atomic E-state index is 0.0839. The molecule has 0 amide bonds. The summed E-state index contributed by atoms with van der Waals surface area (Å²) in [6.45, 7) is 13.5. The number of hydrogen-bond donors (Lipinski definition) is 0. The summed E-state index contributed by atoms with van der Waals surface area (Å²) in [5, 5.41) is 1.27. The maximum absolute atomic E-state index is 5.55. The number of benzene rings is 1. The fourth-order valence-corrected chi connectivity index (χ4v) is 3.00. The van der Waals surface area contributed by atoms with Crippen LogP contribution in [0.3, 0.4) is 0 Å². The zero-order valence-electron chi connectivity index (χ0n) is 12.1. The molecule has 0 saturated carbocycles. The van der Waals surface area contributed by atoms with Crippen LogP contribution in [0.4, 0.5) is 0 Å². The van der Waals surface area contributed by atoms with Gasteiger partial charge in [0.15, 0.2) is 0 Å². The third kappa shape index (κ3) is 3.01. The molecule has 0 aliphatic carbocycles. The molecule has 0 heterocycles. The molecule has 1 rings (SSSR count). The summed E-state index contributed by atoms with van der Waals surface area (Å²) in [6, 6.07) is 4.19. The van der Waals surface area contributed by atoms with E-state index in [-0.39, 0.29) is 10.8 Å². The number of rotatable bonds is 1. The highest BCUT2D eigenvalue weighted by molar-refractivity contribution is 7.27. The van der Waals surface area contributed by atoms with E-state index < -0.39 is 0 Å². The van der Waals surface area contributed by atoms with Gasteiger partial charge in [0, 0.05) is 5.56 Å². The Hall–Kier alpha value is -0.550. The van der Waals surface area contributed by atoms with Gasteiger partial charge in [-0.05, 0) is 27.8 Å². The average Bonchev–Trinajstić information content (AvgIpc) is 2.13. The van der Waals surface area contributed by atoms with Crippen molar-refractivity contribution in [2.45, 2.75) is 52.4 Å². The van der Waals surface area contributed by atoms with Crippen LogP contribution < -0.4 is 10.0 Å². The van der Waals surface area contributed by atoms with Crippen molar-refractivity contribution in [3.05, 3.63) is 23.3 Å². The highest BCUT2D eigenvalue weighted by Gasteiger charge is 2.29. The lowest BCUT2D eigenvalue weighted by molar-refractivity contribution is 0.392. The largest absolute Gasteiger partial charge is 0.496 e. The van der Waals surface area contributed by atoms with E-state index in [1.165, 1.54) is 16.4 Å². The molecule has 1 aromatic rings. The highest BCUT2D eigenvalue weighted by atomic mass is 31.0. The average molecular weight is 252 g/mol. The first kappa shape index (κ1) is 14.5. The molecule has 0 bridgehead atoms. The first-order valence-electron chi connectivity index (χ1n) is 6.06. The van der Waals surface area contributed by atoms with Gasteiger partial charge in [-0.2, -0.15) is 0 Å². The lowest BCUT2D eigenvalue weighted by atomic mass is 9.74. The molecule has 0 N–H and O–H groups in total. The van der Waals surface area contributed by atoms with Crippen molar-refractivity contribution in [1.82, 2.24) is 0 Å². The summed E-state index contributed by atoms with van der Waals surface area (Å²) in [4.78, 5) is 0. The van der Waals surface area contributed by atoms with Crippen molar-refractivity contribution in [3.8, 4) is 5.75 Å². The Labute approximate surface area is 108 Å². The van der Waals surface area contributed by atoms with Gasteiger partial charge in [0.05, 0.1) is 7.11 Å². The normalized spacial score (nSPS) is 12.7. The lowest BCUT2D eigenvalue weighted by Crippen LogP contribution is -2.28. The molecule has 1 aromatic carbocycles. The molecule has 0 aromatic heterocycles. The first-order valence-corrected chi connectivity index (χ1v) is 6.64. The second kappa shape index (κ2) is 4.61. The summed E-state index contributed by atoms with van der Waals surface area (Å²) in [7, 11) is 4.60. The van der Waals surface area contributed by atoms with Crippen LogP contribution in [0.15, 0.2) is 12.1 Å². The van der Waals surface area contributed by atoms with E-state index in [0.717, 1.165) is 5.75 Å². The Morgan fingerprint density at radius 2 is 1.35 bits per heavy atom. The van der Waals surface area contributed by atoms with Crippen LogP contribution in [0.5, 0.6) is 5.75 Å². The second-order valence-corrected chi connectivity index (χ2v) is 7.23. The Morgan fingerprint density at radius 1 is 0.882 bits per heavy atom. The van der Waals surface area contributed by atoms with Crippen LogP contribution in [-0.4, -0.2) is 7.11 Å². The molecule has 0 aliphatic rings. The summed E-state index contributed by atoms with van der Waals surface area (Å²) >= 11 is 0. The summed E-state index contributed by atoms with van der Waals surface area (Å²) in [5.74, 6) is 0.994. The molecule has 1 unspecified atom stereocenters. The molecule has 0 spiro atoms. The molecular formula is C15H25OP. The Bertz CT molecular complexity index is 408. The molecule has 2 heteroatoms. The van der Waals surface area contributed by atoms with Gasteiger partial charge in [0.1, 0.15) is 5.75 Å². The molecule has 1 nitrogen and oxygen atoms in total. The predicted molar refractivity (Wildman–Crippen MR) is 79.7 cm³/mol. The van der Waals surface area contributed by atoms with Gasteiger partial charge in [-0.15, -0.1) is 9.24 Å². The monoisotopic (exact) mass is 252 g/mol. The molecule has 17 heavy (non-hydrogen) atoms. The van der Waals surface area contributed by atoms with Gasteiger partial charge in [0.2, 0.25) is 0 Å². The minimum absolute atomic E-state index is 0.0839. The van der Waals surface area contributed by atoms with Crippen molar-refractivity contribution in [3.63, 3.8) is 0 Å². The van der Waals surface area contributed by atoms with Crippen LogP contribution in [0.1, 0.15) is 52.7 Å². The summed E-state index contributed by atoms with van der Waals surface area (Å²) < 4.78 is 5.55. The number of hydrogen-bond acceptors (Lipinski definition) is 1. The Balaban J connectivity index is 3.67. The van der Waals surface area contributed by atoms with Gasteiger partial charge in [-0.1, -0.05) is 47.6 Å². The minimum Gasteiger partial charge on any atom is -0.496 e. The first-order chi connectivity index (χ1) is 7.59. The quantitative estimate of drug-likeness (QED) is 0.691. The van der Waals surface area contributed by atoms with Crippen molar-refractivity contribution in [1.29, 1.82) is 0 Å². The zero-order valence-corrected chi connectivity index (χ0v) is 13.3. The summed E-state index contributed by atoms with van der Waals surface area (Å²) in [5.41, 5.74) is 2.91. The van der Waals surface area contributed by atoms with Crippen molar-refractivity contribution in [2.75, 3.05) is 7.11 Å². The van der Waals surface area contributed by atoms with E-state index in [0.29, 0.717) is 0 Å². The standard InChI is InChI=1S/C15H25OP/c1-14(2,3)12-10(16-7)8-9-11(17)13(12)15(4,5)6/h8-9H,17H2,1-7H3. The van der Waals surface area contributed by atoms with E-state index in [4.69, 9.17) is 4.74 Å². The molecule has 0 saturated heterocycles. The van der Waals surface area contributed by atoms with Crippen LogP contribution in [0.2, 0.25) is 0 Å². The molecule has 0 radical (unpaired) electrons. The molecule has 0 aliphatic heterocycles. The van der Waals surface area contributed by atoms with Crippen molar-refractivity contribution in [2.24, 2.45) is 0 Å². The van der Waals surface area contributed by atoms with E-state index in [1.807, 2.05) is 0 Å². The van der Waals surface area contributed by atoms with Crippen molar-refractivity contribution >= 4 is 14.5 Å². The fourth-order valence-electron chi connectivity index (χ4n) is 2.32. The number of ether oxygens (including phenoxy) is 1. The predicted octanol–water partition coefficient (Wildman–Crippen LogP) is 3.79. The van der Waals surface area contributed by atoms with Gasteiger partial charge in [0.25, 0.3) is 0 Å². The number of methoxy groups -OCH3 is 1. The highest BCUT2D eigenvalue weighted by Crippen LogP contribution is 2.39. The van der Waals surface area contributed by atoms with E-state index in [2.05, 4.69) is 62.9 Å². The summed E-state index contributed by atoms with van der Waals surface area (Å²) in [6.07, 6.45) is 0. The lowest BCUT2D eigenvalue weighted by Gasteiger charge is -2.33. The van der Waals surface area contributed by atoms with Crippen LogP contribution in [0, 0.1) is 0 Å². The Kier molecular flexibility index (Phi) is 3.94. The molecule has 96 valence electrons. The topological polar surface area (TPSA) is 9.23 Å². The fraction of sp³-hybridized carbons (Fsp3) is 0.600. The maximum atomic E-state index is 5.55. The van der Waals surface area contributed by atoms with E-state index in [1.54, 1.807) is 7.11 Å².